The minimum absolute atomic E-state index is 0.109. The minimum Gasteiger partial charge on any atom is -0.326 e. The van der Waals surface area contributed by atoms with Crippen molar-refractivity contribution >= 4 is 39.3 Å². The first kappa shape index (κ1) is 16.1. The monoisotopic (exact) mass is 330 g/mol. The van der Waals surface area contributed by atoms with Gasteiger partial charge in [-0.2, -0.15) is 20.2 Å². The number of hydrogen-bond acceptors (Lipinski definition) is 5. The van der Waals surface area contributed by atoms with E-state index in [1.54, 1.807) is 18.2 Å². The average molecular weight is 330 g/mol. The molecule has 9 heteroatoms. The third-order valence-corrected chi connectivity index (χ3v) is 4.49. The summed E-state index contributed by atoms with van der Waals surface area (Å²) < 4.78 is 24.1. The summed E-state index contributed by atoms with van der Waals surface area (Å²) in [6.07, 6.45) is 0.389. The molecule has 1 atom stereocenters. The lowest BCUT2D eigenvalue weighted by molar-refractivity contribution is -0.116. The molecule has 0 bridgehead atoms. The van der Waals surface area contributed by atoms with Crippen molar-refractivity contribution in [3.8, 4) is 0 Å². The minimum atomic E-state index is -3.82. The van der Waals surface area contributed by atoms with E-state index in [2.05, 4.69) is 15.4 Å². The highest BCUT2D eigenvalue weighted by Gasteiger charge is 2.16. The van der Waals surface area contributed by atoms with Gasteiger partial charge in [-0.25, -0.2) is 5.14 Å². The zero-order valence-electron chi connectivity index (χ0n) is 11.3. The van der Waals surface area contributed by atoms with Crippen LogP contribution in [0.3, 0.4) is 0 Å². The predicted molar refractivity (Wildman–Crippen MR) is 85.5 cm³/mol. The largest absolute Gasteiger partial charge is 0.326 e. The number of carbonyl (C=O) groups is 1. The number of nitrogens with two attached hydrogens (primary N) is 1. The first-order chi connectivity index (χ1) is 9.92. The molecule has 116 valence electrons. The molecule has 0 radical (unpaired) electrons. The Morgan fingerprint density at radius 3 is 2.86 bits per heavy atom. The maximum atomic E-state index is 12.0. The number of carbonyl (C=O) groups excluding carboxylic acids is 1. The van der Waals surface area contributed by atoms with Gasteiger partial charge in [-0.1, -0.05) is 6.07 Å². The number of nitrogens with one attached hydrogen (secondary N) is 3. The van der Waals surface area contributed by atoms with Crippen LogP contribution in [0.4, 0.5) is 11.4 Å². The van der Waals surface area contributed by atoms with E-state index < -0.39 is 10.2 Å². The summed E-state index contributed by atoms with van der Waals surface area (Å²) in [5.41, 5.74) is 0.832. The molecule has 1 aromatic carbocycles. The van der Waals surface area contributed by atoms with Gasteiger partial charge in [0, 0.05) is 36.2 Å². The fraction of sp³-hybridized carbons (Fsp3) is 0.417. The molecule has 7 nitrogen and oxygen atoms in total. The Bertz CT molecular complexity index is 600. The van der Waals surface area contributed by atoms with Crippen molar-refractivity contribution in [3.63, 3.8) is 0 Å². The molecule has 0 aliphatic carbocycles. The van der Waals surface area contributed by atoms with Crippen molar-refractivity contribution in [2.24, 2.45) is 5.14 Å². The molecule has 1 aliphatic heterocycles. The van der Waals surface area contributed by atoms with Gasteiger partial charge in [0.2, 0.25) is 5.91 Å². The van der Waals surface area contributed by atoms with Crippen molar-refractivity contribution in [1.29, 1.82) is 0 Å². The molecule has 1 unspecified atom stereocenters. The lowest BCUT2D eigenvalue weighted by atomic mass is 10.2. The van der Waals surface area contributed by atoms with Gasteiger partial charge >= 0.3 is 0 Å². The molecule has 1 heterocycles. The summed E-state index contributed by atoms with van der Waals surface area (Å²) in [6, 6.07) is 6.58. The van der Waals surface area contributed by atoms with E-state index in [0.717, 1.165) is 18.1 Å². The van der Waals surface area contributed by atoms with Crippen LogP contribution in [0.15, 0.2) is 24.3 Å². The molecule has 1 fully saturated rings. The molecule has 1 aliphatic rings. The first-order valence-electron chi connectivity index (χ1n) is 6.44. The van der Waals surface area contributed by atoms with Gasteiger partial charge in [0.25, 0.3) is 10.2 Å². The zero-order valence-corrected chi connectivity index (χ0v) is 13.0. The molecule has 1 saturated heterocycles. The van der Waals surface area contributed by atoms with Crippen LogP contribution >= 0.6 is 11.8 Å². The van der Waals surface area contributed by atoms with Gasteiger partial charge in [0.1, 0.15) is 0 Å². The fourth-order valence-corrected chi connectivity index (χ4v) is 3.42. The Labute approximate surface area is 128 Å². The SMILES string of the molecule is NS(=O)(=O)Nc1cccc(NC(=O)CC2CSCCN2)c1. The highest BCUT2D eigenvalue weighted by molar-refractivity contribution is 7.99. The molecule has 1 amide bonds. The van der Waals surface area contributed by atoms with Crippen molar-refractivity contribution < 1.29 is 13.2 Å². The second kappa shape index (κ2) is 7.12. The highest BCUT2D eigenvalue weighted by Crippen LogP contribution is 2.17. The molecule has 0 saturated carbocycles. The number of rotatable bonds is 5. The first-order valence-corrected chi connectivity index (χ1v) is 9.14. The highest BCUT2D eigenvalue weighted by atomic mass is 32.2. The molecule has 2 rings (SSSR count). The van der Waals surface area contributed by atoms with Crippen LogP contribution in [0.2, 0.25) is 0 Å². The Hall–Kier alpha value is -1.29. The second-order valence-corrected chi connectivity index (χ2v) is 7.15. The normalized spacial score (nSPS) is 19.0. The molecule has 21 heavy (non-hydrogen) atoms. The van der Waals surface area contributed by atoms with Gasteiger partial charge in [0.15, 0.2) is 0 Å². The predicted octanol–water partition coefficient (Wildman–Crippen LogP) is 0.336. The Kier molecular flexibility index (Phi) is 5.45. The van der Waals surface area contributed by atoms with Crippen LogP contribution in [0.1, 0.15) is 6.42 Å². The lowest BCUT2D eigenvalue weighted by Crippen LogP contribution is -2.39. The molecule has 0 aromatic heterocycles. The van der Waals surface area contributed by atoms with Crippen LogP contribution in [-0.4, -0.2) is 38.4 Å². The third-order valence-electron chi connectivity index (χ3n) is 2.84. The van der Waals surface area contributed by atoms with Gasteiger partial charge in [-0.3, -0.25) is 9.52 Å². The van der Waals surface area contributed by atoms with E-state index in [1.807, 2.05) is 11.8 Å². The Morgan fingerprint density at radius 2 is 2.19 bits per heavy atom. The Balaban J connectivity index is 1.92. The van der Waals surface area contributed by atoms with Crippen LogP contribution < -0.4 is 20.5 Å². The van der Waals surface area contributed by atoms with Crippen molar-refractivity contribution in [1.82, 2.24) is 5.32 Å². The number of thioether (sulfide) groups is 1. The van der Waals surface area contributed by atoms with Crippen LogP contribution in [0.25, 0.3) is 0 Å². The lowest BCUT2D eigenvalue weighted by Gasteiger charge is -2.22. The summed E-state index contributed by atoms with van der Waals surface area (Å²) in [7, 11) is -3.82. The van der Waals surface area contributed by atoms with Crippen molar-refractivity contribution in [2.75, 3.05) is 28.1 Å². The quantitative estimate of drug-likeness (QED) is 0.621. The van der Waals surface area contributed by atoms with E-state index in [1.165, 1.54) is 6.07 Å². The summed E-state index contributed by atoms with van der Waals surface area (Å²) >= 11 is 1.83. The van der Waals surface area contributed by atoms with Crippen molar-refractivity contribution in [3.05, 3.63) is 24.3 Å². The molecule has 5 N–H and O–H groups in total. The van der Waals surface area contributed by atoms with Gasteiger partial charge in [-0.15, -0.1) is 0 Å². The maximum Gasteiger partial charge on any atom is 0.296 e. The Morgan fingerprint density at radius 1 is 1.43 bits per heavy atom. The number of anilines is 2. The average Bonchev–Trinajstić information content (AvgIpc) is 2.38. The molecule has 1 aromatic rings. The molecule has 0 spiro atoms. The van der Waals surface area contributed by atoms with E-state index in [9.17, 15) is 13.2 Å². The van der Waals surface area contributed by atoms with Crippen molar-refractivity contribution in [2.45, 2.75) is 12.5 Å². The number of amides is 1. The number of hydrogen-bond donors (Lipinski definition) is 4. The number of benzene rings is 1. The van der Waals surface area contributed by atoms with Gasteiger partial charge in [0.05, 0.1) is 5.69 Å². The van der Waals surface area contributed by atoms with E-state index in [-0.39, 0.29) is 11.9 Å². The summed E-state index contributed by atoms with van der Waals surface area (Å²) in [5.74, 6) is 1.88. The summed E-state index contributed by atoms with van der Waals surface area (Å²) in [4.78, 5) is 12.0. The molecular formula is C12H18N4O3S2. The summed E-state index contributed by atoms with van der Waals surface area (Å²) in [6.45, 7) is 0.913. The maximum absolute atomic E-state index is 12.0. The van der Waals surface area contributed by atoms with Crippen LogP contribution in [0.5, 0.6) is 0 Å². The fourth-order valence-electron chi connectivity index (χ4n) is 2.01. The van der Waals surface area contributed by atoms with Gasteiger partial charge < -0.3 is 10.6 Å². The third kappa shape index (κ3) is 5.92. The van der Waals surface area contributed by atoms with E-state index >= 15 is 0 Å². The van der Waals surface area contributed by atoms with E-state index in [0.29, 0.717) is 17.8 Å². The molecular weight excluding hydrogens is 312 g/mol. The second-order valence-electron chi connectivity index (χ2n) is 4.71. The van der Waals surface area contributed by atoms with Crippen LogP contribution in [0, 0.1) is 0 Å². The summed E-state index contributed by atoms with van der Waals surface area (Å²) in [5, 5.41) is 10.9. The van der Waals surface area contributed by atoms with Gasteiger partial charge in [-0.05, 0) is 18.2 Å². The standard InChI is InChI=1S/C12H18N4O3S2/c13-21(18,19)16-10-3-1-2-9(6-10)15-12(17)7-11-8-20-5-4-14-11/h1-3,6,11,14,16H,4-5,7-8H2,(H,15,17)(H2,13,18,19). The van der Waals surface area contributed by atoms with E-state index in [4.69, 9.17) is 5.14 Å². The topological polar surface area (TPSA) is 113 Å². The van der Waals surface area contributed by atoms with Crippen LogP contribution in [-0.2, 0) is 15.0 Å². The smallest absolute Gasteiger partial charge is 0.296 e. The zero-order chi connectivity index (χ0) is 15.3.